The van der Waals surface area contributed by atoms with Gasteiger partial charge < -0.3 is 14.5 Å². The molecular weight excluding hydrogens is 356 g/mol. The molecule has 1 atom stereocenters. The number of hydrogen-bond acceptors (Lipinski definition) is 5. The molecule has 2 amide bonds. The molecule has 0 saturated carbocycles. The number of benzene rings is 1. The quantitative estimate of drug-likeness (QED) is 0.801. The number of carbonyl (C=O) groups excluding carboxylic acids is 2. The van der Waals surface area contributed by atoms with Crippen molar-refractivity contribution in [1.29, 1.82) is 0 Å². The maximum absolute atomic E-state index is 13.3. The number of amides is 2. The molecule has 2 aliphatic rings. The van der Waals surface area contributed by atoms with Crippen LogP contribution in [-0.4, -0.2) is 64.1 Å². The van der Waals surface area contributed by atoms with Crippen LogP contribution in [-0.2, 0) is 4.74 Å². The fraction of sp³-hybridized carbons (Fsp3) is 0.429. The topological polar surface area (TPSA) is 75.6 Å². The number of likely N-dealkylation sites (tertiary alicyclic amines) is 1. The number of likely N-dealkylation sites (N-methyl/N-ethyl adjacent to an activating group) is 1. The van der Waals surface area contributed by atoms with E-state index >= 15 is 0 Å². The second kappa shape index (κ2) is 7.22. The third-order valence-corrected chi connectivity index (χ3v) is 5.51. The van der Waals surface area contributed by atoms with E-state index in [1.165, 1.54) is 0 Å². The second-order valence-electron chi connectivity index (χ2n) is 7.60. The smallest absolute Gasteiger partial charge is 0.410 e. The van der Waals surface area contributed by atoms with Crippen LogP contribution < -0.4 is 0 Å². The Morgan fingerprint density at radius 2 is 1.96 bits per heavy atom. The fourth-order valence-electron chi connectivity index (χ4n) is 4.04. The molecule has 1 spiro atoms. The molecule has 1 aromatic heterocycles. The molecule has 2 aliphatic heterocycles. The van der Waals surface area contributed by atoms with Crippen LogP contribution in [0.1, 0.15) is 35.4 Å². The summed E-state index contributed by atoms with van der Waals surface area (Å²) in [6, 6.07) is 9.70. The Hall–Kier alpha value is -2.96. The van der Waals surface area contributed by atoms with Crippen molar-refractivity contribution in [3.63, 3.8) is 0 Å². The summed E-state index contributed by atoms with van der Waals surface area (Å²) in [5.74, 6) is 0.555. The molecule has 3 heterocycles. The molecule has 0 bridgehead atoms. The summed E-state index contributed by atoms with van der Waals surface area (Å²) in [6.45, 7) is 3.57. The van der Waals surface area contributed by atoms with Crippen molar-refractivity contribution in [3.8, 4) is 11.3 Å². The monoisotopic (exact) mass is 380 g/mol. The molecule has 146 valence electrons. The zero-order valence-electron chi connectivity index (χ0n) is 16.2. The van der Waals surface area contributed by atoms with E-state index in [-0.39, 0.29) is 12.0 Å². The van der Waals surface area contributed by atoms with E-state index in [4.69, 9.17) is 4.74 Å². The van der Waals surface area contributed by atoms with Gasteiger partial charge in [0.2, 0.25) is 0 Å². The van der Waals surface area contributed by atoms with Gasteiger partial charge in [0.25, 0.3) is 5.91 Å². The molecule has 0 aliphatic carbocycles. The van der Waals surface area contributed by atoms with Crippen LogP contribution >= 0.6 is 0 Å². The second-order valence-corrected chi connectivity index (χ2v) is 7.60. The van der Waals surface area contributed by atoms with Crippen LogP contribution in [0.4, 0.5) is 4.79 Å². The van der Waals surface area contributed by atoms with Gasteiger partial charge in [-0.15, -0.1) is 0 Å². The van der Waals surface area contributed by atoms with Gasteiger partial charge in [0.1, 0.15) is 11.4 Å². The summed E-state index contributed by atoms with van der Waals surface area (Å²) in [5, 5.41) is 0. The highest BCUT2D eigenvalue weighted by Gasteiger charge is 2.44. The summed E-state index contributed by atoms with van der Waals surface area (Å²) in [7, 11) is 1.75. The Morgan fingerprint density at radius 1 is 1.18 bits per heavy atom. The number of ether oxygens (including phenoxy) is 1. The maximum atomic E-state index is 13.3. The number of carbonyl (C=O) groups is 2. The molecule has 0 radical (unpaired) electrons. The predicted octanol–water partition coefficient (Wildman–Crippen LogP) is 2.90. The first kappa shape index (κ1) is 18.4. The fourth-order valence-corrected chi connectivity index (χ4v) is 4.04. The number of nitrogens with zero attached hydrogens (tertiary/aromatic N) is 4. The Morgan fingerprint density at radius 3 is 2.68 bits per heavy atom. The van der Waals surface area contributed by atoms with Crippen molar-refractivity contribution in [2.45, 2.75) is 31.8 Å². The molecule has 7 nitrogen and oxygen atoms in total. The van der Waals surface area contributed by atoms with Crippen LogP contribution in [0.25, 0.3) is 11.3 Å². The van der Waals surface area contributed by atoms with E-state index in [0.29, 0.717) is 43.1 Å². The van der Waals surface area contributed by atoms with Crippen LogP contribution in [0.3, 0.4) is 0 Å². The van der Waals surface area contributed by atoms with Crippen molar-refractivity contribution in [2.24, 2.45) is 0 Å². The molecule has 2 fully saturated rings. The Labute approximate surface area is 164 Å². The maximum Gasteiger partial charge on any atom is 0.410 e. The predicted molar refractivity (Wildman–Crippen MR) is 104 cm³/mol. The normalized spacial score (nSPS) is 22.3. The summed E-state index contributed by atoms with van der Waals surface area (Å²) in [5.41, 5.74) is 1.58. The van der Waals surface area contributed by atoms with Gasteiger partial charge in [-0.3, -0.25) is 4.79 Å². The summed E-state index contributed by atoms with van der Waals surface area (Å²) in [4.78, 5) is 37.4. The third kappa shape index (κ3) is 3.44. The highest BCUT2D eigenvalue weighted by Crippen LogP contribution is 2.33. The zero-order chi connectivity index (χ0) is 19.7. The van der Waals surface area contributed by atoms with Crippen molar-refractivity contribution in [2.75, 3.05) is 26.7 Å². The average Bonchev–Trinajstić information content (AvgIpc) is 2.85. The standard InChI is InChI=1S/C21H24N4O3/c1-15-22-13-17(18(23-15)16-7-4-3-5-8-16)19(26)25-11-6-9-21(10-12-25)14-24(2)20(27)28-21/h3-5,7-8,13H,6,9-12,14H2,1-2H3/t21-/m1/s1. The largest absolute Gasteiger partial charge is 0.441 e. The Bertz CT molecular complexity index is 902. The van der Waals surface area contributed by atoms with E-state index < -0.39 is 5.60 Å². The SMILES string of the molecule is Cc1ncc(C(=O)N2CCC[C@@]3(CC2)CN(C)C(=O)O3)c(-c2ccccc2)n1. The van der Waals surface area contributed by atoms with Crippen molar-refractivity contribution in [3.05, 3.63) is 47.9 Å². The van der Waals surface area contributed by atoms with Crippen molar-refractivity contribution in [1.82, 2.24) is 19.8 Å². The van der Waals surface area contributed by atoms with Gasteiger partial charge in [-0.05, 0) is 19.8 Å². The first-order chi connectivity index (χ1) is 13.5. The molecule has 4 rings (SSSR count). The highest BCUT2D eigenvalue weighted by molar-refractivity contribution is 5.99. The molecule has 0 N–H and O–H groups in total. The summed E-state index contributed by atoms with van der Waals surface area (Å²) in [6.07, 6.45) is 3.54. The van der Waals surface area contributed by atoms with Crippen LogP contribution in [0.2, 0.25) is 0 Å². The number of aryl methyl sites for hydroxylation is 1. The van der Waals surface area contributed by atoms with E-state index in [0.717, 1.165) is 18.4 Å². The number of aromatic nitrogens is 2. The van der Waals surface area contributed by atoms with Crippen molar-refractivity contribution < 1.29 is 14.3 Å². The van der Waals surface area contributed by atoms with Gasteiger partial charge >= 0.3 is 6.09 Å². The van der Waals surface area contributed by atoms with Gasteiger partial charge in [0.05, 0.1) is 17.8 Å². The molecule has 0 unspecified atom stereocenters. The molecule has 1 aromatic carbocycles. The van der Waals surface area contributed by atoms with E-state index in [9.17, 15) is 9.59 Å². The van der Waals surface area contributed by atoms with Gasteiger partial charge in [-0.2, -0.15) is 0 Å². The van der Waals surface area contributed by atoms with Gasteiger partial charge in [0, 0.05) is 38.3 Å². The minimum absolute atomic E-state index is 0.0754. The Balaban J connectivity index is 1.58. The lowest BCUT2D eigenvalue weighted by Gasteiger charge is -2.25. The summed E-state index contributed by atoms with van der Waals surface area (Å²) < 4.78 is 5.65. The summed E-state index contributed by atoms with van der Waals surface area (Å²) >= 11 is 0. The third-order valence-electron chi connectivity index (χ3n) is 5.51. The first-order valence-electron chi connectivity index (χ1n) is 9.60. The molecule has 2 saturated heterocycles. The Kier molecular flexibility index (Phi) is 4.75. The molecular formula is C21H24N4O3. The minimum atomic E-state index is -0.479. The lowest BCUT2D eigenvalue weighted by molar-refractivity contribution is 0.0438. The first-order valence-corrected chi connectivity index (χ1v) is 9.60. The molecule has 2 aromatic rings. The van der Waals surface area contributed by atoms with E-state index in [1.807, 2.05) is 42.2 Å². The number of rotatable bonds is 2. The van der Waals surface area contributed by atoms with Gasteiger partial charge in [-0.25, -0.2) is 14.8 Å². The lowest BCUT2D eigenvalue weighted by atomic mass is 9.95. The van der Waals surface area contributed by atoms with Crippen LogP contribution in [0.5, 0.6) is 0 Å². The lowest BCUT2D eigenvalue weighted by Crippen LogP contribution is -2.37. The number of hydrogen-bond donors (Lipinski definition) is 0. The van der Waals surface area contributed by atoms with Crippen LogP contribution in [0, 0.1) is 6.92 Å². The van der Waals surface area contributed by atoms with Crippen molar-refractivity contribution >= 4 is 12.0 Å². The van der Waals surface area contributed by atoms with E-state index in [2.05, 4.69) is 9.97 Å². The molecule has 7 heteroatoms. The average molecular weight is 380 g/mol. The highest BCUT2D eigenvalue weighted by atomic mass is 16.6. The minimum Gasteiger partial charge on any atom is -0.441 e. The van der Waals surface area contributed by atoms with Gasteiger partial charge in [-0.1, -0.05) is 30.3 Å². The zero-order valence-corrected chi connectivity index (χ0v) is 16.2. The molecule has 28 heavy (non-hydrogen) atoms. The van der Waals surface area contributed by atoms with Gasteiger partial charge in [0.15, 0.2) is 0 Å². The van der Waals surface area contributed by atoms with E-state index in [1.54, 1.807) is 18.1 Å². The van der Waals surface area contributed by atoms with Crippen LogP contribution in [0.15, 0.2) is 36.5 Å².